The fraction of sp³-hybridized carbons (Fsp3) is 0.727. The number of carbonyl (C=O) groups is 1. The highest BCUT2D eigenvalue weighted by Gasteiger charge is 2.25. The van der Waals surface area contributed by atoms with E-state index in [4.69, 9.17) is 5.26 Å². The van der Waals surface area contributed by atoms with Gasteiger partial charge in [-0.3, -0.25) is 10.1 Å². The molecule has 3 atom stereocenters. The van der Waals surface area contributed by atoms with E-state index in [1.807, 2.05) is 0 Å². The van der Waals surface area contributed by atoms with E-state index in [1.54, 1.807) is 13.8 Å². The van der Waals surface area contributed by atoms with Crippen LogP contribution in [0.1, 0.15) is 26.7 Å². The van der Waals surface area contributed by atoms with Gasteiger partial charge in [0, 0.05) is 6.42 Å². The number of aliphatic hydroxyl groups is 2. The number of esters is 1. The summed E-state index contributed by atoms with van der Waals surface area (Å²) in [5.41, 5.74) is 0.420. The van der Waals surface area contributed by atoms with Crippen molar-refractivity contribution in [3.63, 3.8) is 0 Å². The molecule has 100 valence electrons. The first-order valence-electron chi connectivity index (χ1n) is 5.39. The normalized spacial score (nSPS) is 16.1. The standard InChI is InChI=1S/C11H20O6/c1-4-16-10(14)6-8(12)5-9(13)11(17-15)7(2)3/h8-9,11-13,15H,2,4-6H2,1,3H3/t8-,9+,11+/m1/s1. The van der Waals surface area contributed by atoms with Crippen LogP contribution in [-0.2, 0) is 14.4 Å². The molecular formula is C11H20O6. The molecule has 6 heteroatoms. The second-order valence-electron chi connectivity index (χ2n) is 3.84. The minimum atomic E-state index is -1.14. The third kappa shape index (κ3) is 6.38. The smallest absolute Gasteiger partial charge is 0.308 e. The van der Waals surface area contributed by atoms with Gasteiger partial charge in [-0.1, -0.05) is 6.58 Å². The molecule has 0 aromatic carbocycles. The minimum Gasteiger partial charge on any atom is -0.466 e. The van der Waals surface area contributed by atoms with Crippen LogP contribution in [0.4, 0.5) is 0 Å². The summed E-state index contributed by atoms with van der Waals surface area (Å²) < 4.78 is 4.65. The number of hydrogen-bond acceptors (Lipinski definition) is 6. The lowest BCUT2D eigenvalue weighted by atomic mass is 10.0. The Hall–Kier alpha value is -0.950. The maximum absolute atomic E-state index is 11.0. The Kier molecular flexibility index (Phi) is 7.73. The Morgan fingerprint density at radius 2 is 2.00 bits per heavy atom. The SMILES string of the molecule is C=C(C)[C@H](OO)[C@@H](O)C[C@@H](O)CC(=O)OCC. The van der Waals surface area contributed by atoms with Crippen molar-refractivity contribution >= 4 is 5.97 Å². The molecule has 0 heterocycles. The van der Waals surface area contributed by atoms with E-state index >= 15 is 0 Å². The van der Waals surface area contributed by atoms with Gasteiger partial charge in [0.1, 0.15) is 6.10 Å². The van der Waals surface area contributed by atoms with Crippen LogP contribution in [0.25, 0.3) is 0 Å². The summed E-state index contributed by atoms with van der Waals surface area (Å²) >= 11 is 0. The van der Waals surface area contributed by atoms with Crippen molar-refractivity contribution in [3.05, 3.63) is 12.2 Å². The van der Waals surface area contributed by atoms with Gasteiger partial charge in [0.2, 0.25) is 0 Å². The number of rotatable bonds is 8. The van der Waals surface area contributed by atoms with Crippen molar-refractivity contribution in [1.82, 2.24) is 0 Å². The highest BCUT2D eigenvalue weighted by Crippen LogP contribution is 2.14. The van der Waals surface area contributed by atoms with Crippen molar-refractivity contribution in [1.29, 1.82) is 0 Å². The van der Waals surface area contributed by atoms with E-state index in [0.717, 1.165) is 0 Å². The molecule has 0 aromatic rings. The molecule has 0 amide bonds. The Morgan fingerprint density at radius 3 is 2.41 bits per heavy atom. The zero-order valence-corrected chi connectivity index (χ0v) is 10.1. The van der Waals surface area contributed by atoms with Crippen molar-refractivity contribution in [3.8, 4) is 0 Å². The summed E-state index contributed by atoms with van der Waals surface area (Å²) in [6.45, 7) is 7.00. The summed E-state index contributed by atoms with van der Waals surface area (Å²) in [6.07, 6.45) is -3.49. The van der Waals surface area contributed by atoms with Crippen molar-refractivity contribution in [2.75, 3.05) is 6.61 Å². The molecule has 0 unspecified atom stereocenters. The van der Waals surface area contributed by atoms with E-state index in [9.17, 15) is 15.0 Å². The average Bonchev–Trinajstić information content (AvgIpc) is 2.17. The van der Waals surface area contributed by atoms with Gasteiger partial charge in [-0.15, -0.1) is 0 Å². The molecule has 0 saturated carbocycles. The molecule has 0 radical (unpaired) electrons. The molecule has 0 bridgehead atoms. The summed E-state index contributed by atoms with van der Waals surface area (Å²) in [4.78, 5) is 15.1. The van der Waals surface area contributed by atoms with E-state index in [-0.39, 0.29) is 19.4 Å². The molecule has 17 heavy (non-hydrogen) atoms. The second-order valence-corrected chi connectivity index (χ2v) is 3.84. The monoisotopic (exact) mass is 248 g/mol. The number of aliphatic hydroxyl groups excluding tert-OH is 2. The molecule has 0 fully saturated rings. The van der Waals surface area contributed by atoms with E-state index < -0.39 is 24.3 Å². The first-order chi connectivity index (χ1) is 7.92. The second kappa shape index (κ2) is 8.19. The first kappa shape index (κ1) is 16.1. The molecule has 0 saturated heterocycles. The lowest BCUT2D eigenvalue weighted by molar-refractivity contribution is -0.287. The molecule has 6 nitrogen and oxygen atoms in total. The Labute approximate surface area is 100 Å². The molecule has 0 aliphatic rings. The summed E-state index contributed by atoms with van der Waals surface area (Å²) in [7, 11) is 0. The average molecular weight is 248 g/mol. The summed E-state index contributed by atoms with van der Waals surface area (Å²) in [6, 6.07) is 0. The van der Waals surface area contributed by atoms with Crippen LogP contribution in [0, 0.1) is 0 Å². The minimum absolute atomic E-state index is 0.114. The van der Waals surface area contributed by atoms with Crippen LogP contribution >= 0.6 is 0 Å². The van der Waals surface area contributed by atoms with E-state index in [1.165, 1.54) is 0 Å². The van der Waals surface area contributed by atoms with Gasteiger partial charge >= 0.3 is 5.97 Å². The number of carbonyl (C=O) groups excluding carboxylic acids is 1. The maximum atomic E-state index is 11.0. The van der Waals surface area contributed by atoms with Crippen molar-refractivity contribution in [2.24, 2.45) is 0 Å². The Morgan fingerprint density at radius 1 is 1.41 bits per heavy atom. The van der Waals surface area contributed by atoms with Crippen molar-refractivity contribution < 1.29 is 29.9 Å². The van der Waals surface area contributed by atoms with Gasteiger partial charge in [0.15, 0.2) is 0 Å². The van der Waals surface area contributed by atoms with Crippen molar-refractivity contribution in [2.45, 2.75) is 45.0 Å². The topological polar surface area (TPSA) is 96.2 Å². The summed E-state index contributed by atoms with van der Waals surface area (Å²) in [5.74, 6) is -0.538. The van der Waals surface area contributed by atoms with Gasteiger partial charge in [-0.2, -0.15) is 0 Å². The zero-order chi connectivity index (χ0) is 13.4. The van der Waals surface area contributed by atoms with Gasteiger partial charge in [0.05, 0.1) is 25.2 Å². The van der Waals surface area contributed by atoms with E-state index in [0.29, 0.717) is 5.57 Å². The van der Waals surface area contributed by atoms with Crippen LogP contribution in [-0.4, -0.2) is 46.4 Å². The predicted molar refractivity (Wildman–Crippen MR) is 60.2 cm³/mol. The predicted octanol–water partition coefficient (Wildman–Crippen LogP) is 0.486. The van der Waals surface area contributed by atoms with Gasteiger partial charge < -0.3 is 14.9 Å². The quantitative estimate of drug-likeness (QED) is 0.250. The van der Waals surface area contributed by atoms with Gasteiger partial charge in [-0.05, 0) is 19.4 Å². The molecule has 0 aliphatic heterocycles. The van der Waals surface area contributed by atoms with Crippen LogP contribution in [0.15, 0.2) is 12.2 Å². The lowest BCUT2D eigenvalue weighted by Gasteiger charge is -2.21. The fourth-order valence-corrected chi connectivity index (χ4v) is 1.39. The number of hydrogen-bond donors (Lipinski definition) is 3. The van der Waals surface area contributed by atoms with Crippen LogP contribution in [0.3, 0.4) is 0 Å². The molecule has 0 rings (SSSR count). The molecule has 0 aliphatic carbocycles. The van der Waals surface area contributed by atoms with E-state index in [2.05, 4.69) is 16.2 Å². The third-order valence-corrected chi connectivity index (χ3v) is 2.17. The van der Waals surface area contributed by atoms with Crippen LogP contribution in [0.5, 0.6) is 0 Å². The summed E-state index contributed by atoms with van der Waals surface area (Å²) in [5, 5.41) is 27.7. The highest BCUT2D eigenvalue weighted by atomic mass is 17.1. The highest BCUT2D eigenvalue weighted by molar-refractivity contribution is 5.69. The Bertz CT molecular complexity index is 252. The largest absolute Gasteiger partial charge is 0.466 e. The maximum Gasteiger partial charge on any atom is 0.308 e. The third-order valence-electron chi connectivity index (χ3n) is 2.17. The Balaban J connectivity index is 4.14. The molecular weight excluding hydrogens is 228 g/mol. The molecule has 0 aromatic heterocycles. The van der Waals surface area contributed by atoms with Crippen LogP contribution < -0.4 is 0 Å². The van der Waals surface area contributed by atoms with Gasteiger partial charge in [0.25, 0.3) is 0 Å². The van der Waals surface area contributed by atoms with Crippen LogP contribution in [0.2, 0.25) is 0 Å². The zero-order valence-electron chi connectivity index (χ0n) is 10.1. The first-order valence-corrected chi connectivity index (χ1v) is 5.39. The number of ether oxygens (including phenoxy) is 1. The molecule has 0 spiro atoms. The molecule has 3 N–H and O–H groups in total. The lowest BCUT2D eigenvalue weighted by Crippen LogP contribution is -2.33. The van der Waals surface area contributed by atoms with Gasteiger partial charge in [-0.25, -0.2) is 4.89 Å². The fourth-order valence-electron chi connectivity index (χ4n) is 1.39.